The van der Waals surface area contributed by atoms with Crippen LogP contribution in [0.25, 0.3) is 10.9 Å². The first-order valence-electron chi connectivity index (χ1n) is 13.6. The fourth-order valence-corrected chi connectivity index (χ4v) is 4.72. The van der Waals surface area contributed by atoms with E-state index in [4.69, 9.17) is 14.6 Å². The second kappa shape index (κ2) is 13.5. The highest BCUT2D eigenvalue weighted by molar-refractivity contribution is 6.11. The monoisotopic (exact) mass is 593 g/mol. The highest BCUT2D eigenvalue weighted by Crippen LogP contribution is 2.27. The topological polar surface area (TPSA) is 155 Å². The summed E-state index contributed by atoms with van der Waals surface area (Å²) in [6, 6.07) is 11.9. The Hall–Kier alpha value is -4.72. The highest BCUT2D eigenvalue weighted by atomic mass is 19.2. The van der Waals surface area contributed by atoms with E-state index >= 15 is 0 Å². The normalized spacial score (nSPS) is 16.3. The van der Waals surface area contributed by atoms with Gasteiger partial charge in [-0.05, 0) is 36.4 Å². The van der Waals surface area contributed by atoms with Crippen LogP contribution in [0.2, 0.25) is 0 Å². The van der Waals surface area contributed by atoms with Crippen molar-refractivity contribution in [1.29, 1.82) is 0 Å². The zero-order valence-electron chi connectivity index (χ0n) is 22.9. The van der Waals surface area contributed by atoms with Crippen molar-refractivity contribution in [3.8, 4) is 5.75 Å². The molecule has 43 heavy (non-hydrogen) atoms. The number of benzene rings is 3. The lowest BCUT2D eigenvalue weighted by Gasteiger charge is -2.21. The van der Waals surface area contributed by atoms with Crippen molar-refractivity contribution in [2.24, 2.45) is 0 Å². The average Bonchev–Trinajstić information content (AvgIpc) is 3.67. The highest BCUT2D eigenvalue weighted by Gasteiger charge is 2.30. The zero-order valence-corrected chi connectivity index (χ0v) is 22.9. The number of hydrogen-bond donors (Lipinski definition) is 5. The van der Waals surface area contributed by atoms with E-state index < -0.39 is 34.9 Å². The molecule has 224 valence electrons. The van der Waals surface area contributed by atoms with Gasteiger partial charge in [-0.3, -0.25) is 19.5 Å². The zero-order chi connectivity index (χ0) is 30.3. The summed E-state index contributed by atoms with van der Waals surface area (Å²) in [5.41, 5.74) is 0.852. The number of ketones is 1. The van der Waals surface area contributed by atoms with Crippen molar-refractivity contribution >= 4 is 28.5 Å². The Kier molecular flexibility index (Phi) is 9.35. The molecule has 0 unspecified atom stereocenters. The fourth-order valence-electron chi connectivity index (χ4n) is 4.72. The van der Waals surface area contributed by atoms with Crippen molar-refractivity contribution in [2.45, 2.75) is 12.1 Å². The number of hydrogen-bond acceptors (Lipinski definition) is 8. The summed E-state index contributed by atoms with van der Waals surface area (Å²) in [6.07, 6.45) is 1.66. The van der Waals surface area contributed by atoms with Gasteiger partial charge in [0.2, 0.25) is 0 Å². The third-order valence-corrected chi connectivity index (χ3v) is 6.97. The van der Waals surface area contributed by atoms with E-state index in [0.29, 0.717) is 18.7 Å². The molecule has 0 radical (unpaired) electrons. The van der Waals surface area contributed by atoms with Gasteiger partial charge in [0, 0.05) is 35.2 Å². The Morgan fingerprint density at radius 2 is 1.56 bits per heavy atom. The molecule has 0 saturated carbocycles. The van der Waals surface area contributed by atoms with E-state index in [1.54, 1.807) is 24.4 Å². The second-order valence-corrected chi connectivity index (χ2v) is 9.82. The number of aromatic nitrogens is 2. The van der Waals surface area contributed by atoms with Gasteiger partial charge in [-0.2, -0.15) is 5.10 Å². The van der Waals surface area contributed by atoms with Crippen LogP contribution in [0.1, 0.15) is 36.6 Å². The van der Waals surface area contributed by atoms with Crippen LogP contribution in [0.4, 0.5) is 8.78 Å². The smallest absolute Gasteiger partial charge is 0.251 e. The summed E-state index contributed by atoms with van der Waals surface area (Å²) >= 11 is 0. The Labute approximate surface area is 244 Å². The summed E-state index contributed by atoms with van der Waals surface area (Å²) in [5.74, 6) is -4.28. The van der Waals surface area contributed by atoms with Gasteiger partial charge >= 0.3 is 0 Å². The number of carbonyl (C=O) groups is 3. The molecular weight excluding hydrogens is 564 g/mol. The Morgan fingerprint density at radius 1 is 0.884 bits per heavy atom. The number of H-pyrrole nitrogens is 1. The van der Waals surface area contributed by atoms with Crippen LogP contribution in [-0.2, 0) is 4.74 Å². The van der Waals surface area contributed by atoms with Gasteiger partial charge in [0.15, 0.2) is 17.4 Å². The SMILES string of the molecule is O=C(N[C@H]1CNC[C@H]1NC(=O)c1ccc(C(=O)c2c(OCCOCCO)ccc(F)c2F)cc1)c1ccc2cn[nH]c2c1. The summed E-state index contributed by atoms with van der Waals surface area (Å²) in [4.78, 5) is 39.0. The number of aliphatic hydroxyl groups excluding tert-OH is 1. The lowest BCUT2D eigenvalue weighted by Crippen LogP contribution is -2.51. The molecule has 0 spiro atoms. The molecule has 0 bridgehead atoms. The van der Waals surface area contributed by atoms with Crippen LogP contribution in [0.5, 0.6) is 5.75 Å². The van der Waals surface area contributed by atoms with Crippen LogP contribution < -0.4 is 20.7 Å². The van der Waals surface area contributed by atoms with Crippen molar-refractivity contribution in [3.63, 3.8) is 0 Å². The maximum Gasteiger partial charge on any atom is 0.251 e. The molecule has 13 heteroatoms. The van der Waals surface area contributed by atoms with Gasteiger partial charge < -0.3 is 30.5 Å². The third-order valence-electron chi connectivity index (χ3n) is 6.97. The minimum Gasteiger partial charge on any atom is -0.490 e. The second-order valence-electron chi connectivity index (χ2n) is 9.82. The molecule has 1 fully saturated rings. The Balaban J connectivity index is 1.22. The Bertz CT molecular complexity index is 1630. The fraction of sp³-hybridized carbons (Fsp3) is 0.267. The number of nitrogens with zero attached hydrogens (tertiary/aromatic N) is 1. The van der Waals surface area contributed by atoms with E-state index in [1.807, 2.05) is 0 Å². The molecule has 4 aromatic rings. The molecule has 11 nitrogen and oxygen atoms in total. The molecule has 5 N–H and O–H groups in total. The number of carbonyl (C=O) groups excluding carboxylic acids is 3. The van der Waals surface area contributed by atoms with E-state index in [-0.39, 0.29) is 55.3 Å². The molecule has 0 aliphatic carbocycles. The van der Waals surface area contributed by atoms with E-state index in [1.165, 1.54) is 24.3 Å². The Morgan fingerprint density at radius 3 is 2.28 bits per heavy atom. The summed E-state index contributed by atoms with van der Waals surface area (Å²) in [5, 5.41) is 25.4. The van der Waals surface area contributed by atoms with Crippen molar-refractivity contribution in [1.82, 2.24) is 26.1 Å². The van der Waals surface area contributed by atoms with Crippen molar-refractivity contribution in [2.75, 3.05) is 39.5 Å². The number of nitrogens with one attached hydrogen (secondary N) is 4. The van der Waals surface area contributed by atoms with Crippen LogP contribution in [0.3, 0.4) is 0 Å². The largest absolute Gasteiger partial charge is 0.490 e. The third kappa shape index (κ3) is 6.85. The van der Waals surface area contributed by atoms with Crippen LogP contribution in [-0.4, -0.2) is 84.5 Å². The summed E-state index contributed by atoms with van der Waals surface area (Å²) < 4.78 is 39.3. The standard InChI is InChI=1S/C30H29F2N5O6/c31-21-7-8-25(43-12-11-42-10-9-38)26(27(21)32)28(39)17-1-3-18(4-2-17)29(40)35-23-15-33-16-24(23)36-30(41)19-5-6-20-14-34-37-22(20)13-19/h1-8,13-14,23-24,33,38H,9-12,15-16H2,(H,34,37)(H,35,40)(H,36,41)/t23-,24+/m1/s1. The number of fused-ring (bicyclic) bond motifs is 1. The first-order valence-corrected chi connectivity index (χ1v) is 13.6. The number of rotatable bonds is 12. The molecule has 1 aromatic heterocycles. The summed E-state index contributed by atoms with van der Waals surface area (Å²) in [6.45, 7) is 0.804. The number of aliphatic hydroxyl groups is 1. The number of amides is 2. The number of halogens is 2. The lowest BCUT2D eigenvalue weighted by molar-refractivity contribution is 0.0700. The van der Waals surface area contributed by atoms with Gasteiger partial charge in [0.1, 0.15) is 17.9 Å². The summed E-state index contributed by atoms with van der Waals surface area (Å²) in [7, 11) is 0. The minimum atomic E-state index is -1.35. The van der Waals surface area contributed by atoms with Gasteiger partial charge in [-0.15, -0.1) is 0 Å². The molecule has 1 aliphatic heterocycles. The molecule has 1 aliphatic rings. The quantitative estimate of drug-likeness (QED) is 0.123. The van der Waals surface area contributed by atoms with Crippen molar-refractivity contribution in [3.05, 3.63) is 94.7 Å². The lowest BCUT2D eigenvalue weighted by atomic mass is 10.00. The molecular formula is C30H29F2N5O6. The van der Waals surface area contributed by atoms with E-state index in [2.05, 4.69) is 26.1 Å². The van der Waals surface area contributed by atoms with Gasteiger partial charge in [-0.1, -0.05) is 18.2 Å². The predicted octanol–water partition coefficient (Wildman–Crippen LogP) is 1.96. The molecule has 5 rings (SSSR count). The van der Waals surface area contributed by atoms with Crippen LogP contribution in [0, 0.1) is 11.6 Å². The molecule has 1 saturated heterocycles. The van der Waals surface area contributed by atoms with Gasteiger partial charge in [-0.25, -0.2) is 8.78 Å². The maximum absolute atomic E-state index is 14.7. The van der Waals surface area contributed by atoms with E-state index in [9.17, 15) is 23.2 Å². The average molecular weight is 594 g/mol. The first kappa shape index (κ1) is 29.8. The number of aromatic amines is 1. The van der Waals surface area contributed by atoms with Crippen LogP contribution >= 0.6 is 0 Å². The molecule has 2 atom stereocenters. The van der Waals surface area contributed by atoms with E-state index in [0.717, 1.165) is 23.0 Å². The maximum atomic E-state index is 14.7. The number of ether oxygens (including phenoxy) is 2. The van der Waals surface area contributed by atoms with Crippen LogP contribution in [0.15, 0.2) is 60.8 Å². The first-order chi connectivity index (χ1) is 20.9. The minimum absolute atomic E-state index is 0.0179. The predicted molar refractivity (Wildman–Crippen MR) is 151 cm³/mol. The van der Waals surface area contributed by atoms with Gasteiger partial charge in [0.05, 0.1) is 43.6 Å². The molecule has 2 amide bonds. The van der Waals surface area contributed by atoms with Crippen molar-refractivity contribution < 1.29 is 37.7 Å². The molecule has 2 heterocycles. The van der Waals surface area contributed by atoms with Gasteiger partial charge in [0.25, 0.3) is 11.8 Å². The molecule has 3 aromatic carbocycles.